The third-order valence-electron chi connectivity index (χ3n) is 4.21. The van der Waals surface area contributed by atoms with Crippen LogP contribution in [0.15, 0.2) is 41.1 Å². The molecule has 2 amide bonds. The van der Waals surface area contributed by atoms with E-state index in [-0.39, 0.29) is 12.3 Å². The molecule has 28 heavy (non-hydrogen) atoms. The highest BCUT2D eigenvalue weighted by atomic mass is 32.1. The van der Waals surface area contributed by atoms with Crippen molar-refractivity contribution in [2.45, 2.75) is 27.3 Å². The molecule has 0 radical (unpaired) electrons. The number of thiophene rings is 2. The van der Waals surface area contributed by atoms with Crippen LogP contribution in [-0.2, 0) is 16.1 Å². The van der Waals surface area contributed by atoms with Gasteiger partial charge < -0.3 is 10.6 Å². The predicted octanol–water partition coefficient (Wildman–Crippen LogP) is 4.22. The number of rotatable bonds is 5. The Labute approximate surface area is 171 Å². The molecule has 0 aliphatic carbocycles. The number of hydrogen-bond acceptors (Lipinski definition) is 5. The van der Waals surface area contributed by atoms with Crippen LogP contribution in [0, 0.1) is 20.8 Å². The van der Waals surface area contributed by atoms with Crippen LogP contribution in [0.2, 0.25) is 0 Å². The van der Waals surface area contributed by atoms with Crippen molar-refractivity contribution in [1.29, 1.82) is 0 Å². The molecule has 0 saturated carbocycles. The molecule has 0 fully saturated rings. The SMILES string of the molecule is Cc1cc(C)c(NC(=O)C(=O)NCc2ccc(C(=O)c3ccsc3)s2)c(C)c1. The molecule has 2 aromatic heterocycles. The van der Waals surface area contributed by atoms with Crippen molar-refractivity contribution in [2.24, 2.45) is 0 Å². The molecule has 7 heteroatoms. The van der Waals surface area contributed by atoms with Gasteiger partial charge in [0.25, 0.3) is 0 Å². The number of ketones is 1. The van der Waals surface area contributed by atoms with Crippen molar-refractivity contribution in [1.82, 2.24) is 5.32 Å². The molecule has 3 rings (SSSR count). The van der Waals surface area contributed by atoms with E-state index in [0.717, 1.165) is 21.6 Å². The quantitative estimate of drug-likeness (QED) is 0.487. The molecule has 0 spiro atoms. The van der Waals surface area contributed by atoms with Crippen LogP contribution < -0.4 is 10.6 Å². The largest absolute Gasteiger partial charge is 0.343 e. The molecule has 2 N–H and O–H groups in total. The molecule has 1 aromatic carbocycles. The lowest BCUT2D eigenvalue weighted by Crippen LogP contribution is -2.35. The molecular formula is C21H20N2O3S2. The highest BCUT2D eigenvalue weighted by molar-refractivity contribution is 7.14. The Morgan fingerprint density at radius 1 is 0.964 bits per heavy atom. The average molecular weight is 413 g/mol. The van der Waals surface area contributed by atoms with Gasteiger partial charge in [0.2, 0.25) is 5.78 Å². The van der Waals surface area contributed by atoms with Crippen LogP contribution in [0.5, 0.6) is 0 Å². The lowest BCUT2D eigenvalue weighted by Gasteiger charge is -2.12. The molecule has 5 nitrogen and oxygen atoms in total. The molecule has 0 aliphatic rings. The van der Waals surface area contributed by atoms with Crippen molar-refractivity contribution in [2.75, 3.05) is 5.32 Å². The highest BCUT2D eigenvalue weighted by Gasteiger charge is 2.17. The van der Waals surface area contributed by atoms with Gasteiger partial charge in [0, 0.05) is 21.5 Å². The Morgan fingerprint density at radius 2 is 1.68 bits per heavy atom. The van der Waals surface area contributed by atoms with E-state index in [1.54, 1.807) is 18.2 Å². The van der Waals surface area contributed by atoms with Gasteiger partial charge in [0.15, 0.2) is 0 Å². The van der Waals surface area contributed by atoms with Gasteiger partial charge in [-0.3, -0.25) is 14.4 Å². The Morgan fingerprint density at radius 3 is 2.32 bits per heavy atom. The normalized spacial score (nSPS) is 10.5. The molecule has 0 unspecified atom stereocenters. The van der Waals surface area contributed by atoms with Crippen LogP contribution >= 0.6 is 22.7 Å². The van der Waals surface area contributed by atoms with E-state index in [4.69, 9.17) is 0 Å². The van der Waals surface area contributed by atoms with Gasteiger partial charge in [-0.2, -0.15) is 11.3 Å². The Hall–Kier alpha value is -2.77. The summed E-state index contributed by atoms with van der Waals surface area (Å²) < 4.78 is 0. The fourth-order valence-electron chi connectivity index (χ4n) is 2.93. The second-order valence-corrected chi connectivity index (χ2v) is 8.47. The van der Waals surface area contributed by atoms with Crippen molar-refractivity contribution < 1.29 is 14.4 Å². The average Bonchev–Trinajstić information content (AvgIpc) is 3.33. The third-order valence-corrected chi connectivity index (χ3v) is 5.98. The number of hydrogen-bond donors (Lipinski definition) is 2. The minimum atomic E-state index is -0.710. The van der Waals surface area contributed by atoms with Gasteiger partial charge in [-0.25, -0.2) is 0 Å². The summed E-state index contributed by atoms with van der Waals surface area (Å²) in [4.78, 5) is 38.1. The summed E-state index contributed by atoms with van der Waals surface area (Å²) in [5.41, 5.74) is 4.24. The lowest BCUT2D eigenvalue weighted by atomic mass is 10.1. The summed E-state index contributed by atoms with van der Waals surface area (Å²) in [7, 11) is 0. The molecule has 144 valence electrons. The van der Waals surface area contributed by atoms with Crippen molar-refractivity contribution >= 4 is 46.0 Å². The number of nitrogens with one attached hydrogen (secondary N) is 2. The standard InChI is InChI=1S/C21H20N2O3S2/c1-12-8-13(2)18(14(3)9-12)23-21(26)20(25)22-10-16-4-5-17(28-16)19(24)15-6-7-27-11-15/h4-9,11H,10H2,1-3H3,(H,22,25)(H,23,26). The maximum Gasteiger partial charge on any atom is 0.313 e. The van der Waals surface area contributed by atoms with E-state index in [2.05, 4.69) is 10.6 Å². The van der Waals surface area contributed by atoms with E-state index >= 15 is 0 Å². The van der Waals surface area contributed by atoms with Crippen LogP contribution in [0.1, 0.15) is 36.8 Å². The summed E-state index contributed by atoms with van der Waals surface area (Å²) in [6.07, 6.45) is 0. The maximum atomic E-state index is 12.3. The van der Waals surface area contributed by atoms with E-state index in [0.29, 0.717) is 16.1 Å². The minimum absolute atomic E-state index is 0.0353. The first-order chi connectivity index (χ1) is 13.3. The van der Waals surface area contributed by atoms with Crippen molar-refractivity contribution in [3.63, 3.8) is 0 Å². The van der Waals surface area contributed by atoms with Crippen LogP contribution in [0.3, 0.4) is 0 Å². The number of aryl methyl sites for hydroxylation is 3. The van der Waals surface area contributed by atoms with E-state index in [9.17, 15) is 14.4 Å². The number of carbonyl (C=O) groups is 3. The lowest BCUT2D eigenvalue weighted by molar-refractivity contribution is -0.136. The zero-order valence-electron chi connectivity index (χ0n) is 15.8. The van der Waals surface area contributed by atoms with Crippen LogP contribution in [0.25, 0.3) is 0 Å². The van der Waals surface area contributed by atoms with Gasteiger partial charge >= 0.3 is 11.8 Å². The zero-order valence-corrected chi connectivity index (χ0v) is 17.4. The maximum absolute atomic E-state index is 12.3. The monoisotopic (exact) mass is 412 g/mol. The fraction of sp³-hybridized carbons (Fsp3) is 0.190. The Bertz CT molecular complexity index is 1010. The molecule has 0 saturated heterocycles. The molecule has 0 aliphatic heterocycles. The Kier molecular flexibility index (Phi) is 6.06. The Balaban J connectivity index is 1.59. The number of benzene rings is 1. The number of carbonyl (C=O) groups excluding carboxylic acids is 3. The predicted molar refractivity (Wildman–Crippen MR) is 113 cm³/mol. The smallest absolute Gasteiger partial charge is 0.313 e. The van der Waals surface area contributed by atoms with E-state index in [1.807, 2.05) is 43.7 Å². The first-order valence-electron chi connectivity index (χ1n) is 8.68. The number of amides is 2. The molecule has 0 atom stereocenters. The topological polar surface area (TPSA) is 75.3 Å². The molecule has 0 bridgehead atoms. The summed E-state index contributed by atoms with van der Waals surface area (Å²) >= 11 is 2.78. The summed E-state index contributed by atoms with van der Waals surface area (Å²) in [6.45, 7) is 5.97. The van der Waals surface area contributed by atoms with Gasteiger partial charge in [0.1, 0.15) is 0 Å². The van der Waals surface area contributed by atoms with E-state index in [1.165, 1.54) is 22.7 Å². The second-order valence-electron chi connectivity index (χ2n) is 6.52. The number of anilines is 1. The van der Waals surface area contributed by atoms with Crippen molar-refractivity contribution in [3.8, 4) is 0 Å². The van der Waals surface area contributed by atoms with Gasteiger partial charge in [-0.1, -0.05) is 17.7 Å². The summed E-state index contributed by atoms with van der Waals surface area (Å²) in [6, 6.07) is 9.23. The van der Waals surface area contributed by atoms with Gasteiger partial charge in [0.05, 0.1) is 11.4 Å². The van der Waals surface area contributed by atoms with E-state index < -0.39 is 11.8 Å². The van der Waals surface area contributed by atoms with Gasteiger partial charge in [-0.05, 0) is 55.5 Å². The molecule has 3 aromatic rings. The summed E-state index contributed by atoms with van der Waals surface area (Å²) in [5.74, 6) is -1.45. The molecular weight excluding hydrogens is 392 g/mol. The first kappa shape index (κ1) is 20.0. The van der Waals surface area contributed by atoms with Crippen LogP contribution in [0.4, 0.5) is 5.69 Å². The second kappa shape index (κ2) is 8.50. The minimum Gasteiger partial charge on any atom is -0.343 e. The van der Waals surface area contributed by atoms with Crippen LogP contribution in [-0.4, -0.2) is 17.6 Å². The highest BCUT2D eigenvalue weighted by Crippen LogP contribution is 2.22. The fourth-order valence-corrected chi connectivity index (χ4v) is 4.47. The van der Waals surface area contributed by atoms with Gasteiger partial charge in [-0.15, -0.1) is 11.3 Å². The molecule has 2 heterocycles. The first-order valence-corrected chi connectivity index (χ1v) is 10.4. The summed E-state index contributed by atoms with van der Waals surface area (Å²) in [5, 5.41) is 8.96. The van der Waals surface area contributed by atoms with Crippen molar-refractivity contribution in [3.05, 3.63) is 73.1 Å². The third kappa shape index (κ3) is 4.55. The zero-order chi connectivity index (χ0) is 20.3.